The predicted molar refractivity (Wildman–Crippen MR) is 104 cm³/mol. The molecule has 1 fully saturated rings. The van der Waals surface area contributed by atoms with Gasteiger partial charge in [0.05, 0.1) is 11.4 Å². The Bertz CT molecular complexity index is 895. The first kappa shape index (κ1) is 19.1. The van der Waals surface area contributed by atoms with Gasteiger partial charge in [0.2, 0.25) is 16.0 Å². The molecule has 3 rings (SSSR count). The van der Waals surface area contributed by atoms with E-state index in [4.69, 9.17) is 5.73 Å². The van der Waals surface area contributed by atoms with Crippen molar-refractivity contribution in [2.24, 2.45) is 10.7 Å². The van der Waals surface area contributed by atoms with Gasteiger partial charge in [-0.25, -0.2) is 28.1 Å². The average molecular weight is 389 g/mol. The van der Waals surface area contributed by atoms with Crippen LogP contribution in [0.15, 0.2) is 52.6 Å². The molecule has 0 amide bonds. The first-order valence-corrected chi connectivity index (χ1v) is 10.1. The average Bonchev–Trinajstić information content (AvgIpc) is 2.73. The molecular formula is C17H23N7O2S. The van der Waals surface area contributed by atoms with Crippen LogP contribution in [0.1, 0.15) is 5.56 Å². The topological polar surface area (TPSA) is 117 Å². The lowest BCUT2D eigenvalue weighted by molar-refractivity contribution is 0.378. The maximum atomic E-state index is 11.9. The lowest BCUT2D eigenvalue weighted by atomic mass is 10.2. The third-order valence-electron chi connectivity index (χ3n) is 4.34. The summed E-state index contributed by atoms with van der Waals surface area (Å²) in [5.41, 5.74) is 6.91. The van der Waals surface area contributed by atoms with Gasteiger partial charge >= 0.3 is 0 Å². The van der Waals surface area contributed by atoms with Crippen LogP contribution in [0.5, 0.6) is 0 Å². The van der Waals surface area contributed by atoms with Gasteiger partial charge in [0.25, 0.3) is 0 Å². The molecule has 0 spiro atoms. The molecule has 9 nitrogen and oxygen atoms in total. The van der Waals surface area contributed by atoms with Crippen LogP contribution in [0.2, 0.25) is 0 Å². The smallest absolute Gasteiger partial charge is 0.240 e. The van der Waals surface area contributed by atoms with Crippen LogP contribution in [0.4, 0.5) is 5.95 Å². The molecule has 1 aromatic heterocycles. The van der Waals surface area contributed by atoms with Gasteiger partial charge < -0.3 is 15.5 Å². The highest BCUT2D eigenvalue weighted by Crippen LogP contribution is 2.13. The van der Waals surface area contributed by atoms with Crippen LogP contribution in [0.3, 0.4) is 0 Å². The number of rotatable bonds is 5. The van der Waals surface area contributed by atoms with E-state index >= 15 is 0 Å². The minimum Gasteiger partial charge on any atom is -0.370 e. The van der Waals surface area contributed by atoms with E-state index in [9.17, 15) is 8.42 Å². The molecule has 2 heterocycles. The highest BCUT2D eigenvalue weighted by Gasteiger charge is 2.20. The molecule has 10 heteroatoms. The minimum atomic E-state index is -3.47. The summed E-state index contributed by atoms with van der Waals surface area (Å²) in [6, 6.07) is 8.47. The predicted octanol–water partition coefficient (Wildman–Crippen LogP) is 0.0216. The zero-order chi connectivity index (χ0) is 19.3. The van der Waals surface area contributed by atoms with Gasteiger partial charge in [0.15, 0.2) is 5.96 Å². The summed E-state index contributed by atoms with van der Waals surface area (Å²) in [7, 11) is -2.08. The van der Waals surface area contributed by atoms with Crippen molar-refractivity contribution in [1.29, 1.82) is 0 Å². The van der Waals surface area contributed by atoms with Crippen molar-refractivity contribution in [3.63, 3.8) is 0 Å². The number of sulfonamides is 1. The second-order valence-corrected chi connectivity index (χ2v) is 7.94. The van der Waals surface area contributed by atoms with E-state index in [0.717, 1.165) is 37.7 Å². The van der Waals surface area contributed by atoms with Crippen molar-refractivity contribution in [2.45, 2.75) is 11.4 Å². The Morgan fingerprint density at radius 3 is 2.56 bits per heavy atom. The molecule has 0 radical (unpaired) electrons. The quantitative estimate of drug-likeness (QED) is 0.547. The Hall–Kier alpha value is -2.72. The minimum absolute atomic E-state index is 0.216. The lowest BCUT2D eigenvalue weighted by Crippen LogP contribution is -2.51. The molecule has 0 unspecified atom stereocenters. The Labute approximate surface area is 159 Å². The van der Waals surface area contributed by atoms with E-state index in [1.165, 1.54) is 7.05 Å². The normalized spacial score (nSPS) is 15.8. The number of guanidine groups is 1. The largest absolute Gasteiger partial charge is 0.370 e. The van der Waals surface area contributed by atoms with Gasteiger partial charge in [0, 0.05) is 38.6 Å². The first-order valence-electron chi connectivity index (χ1n) is 8.59. The second-order valence-electron chi connectivity index (χ2n) is 6.05. The highest BCUT2D eigenvalue weighted by atomic mass is 32.2. The van der Waals surface area contributed by atoms with E-state index in [-0.39, 0.29) is 4.90 Å². The van der Waals surface area contributed by atoms with Crippen molar-refractivity contribution in [2.75, 3.05) is 38.1 Å². The zero-order valence-electron chi connectivity index (χ0n) is 15.1. The van der Waals surface area contributed by atoms with Gasteiger partial charge in [0.1, 0.15) is 0 Å². The number of benzene rings is 1. The molecule has 0 saturated carbocycles. The molecule has 0 atom stereocenters. The maximum Gasteiger partial charge on any atom is 0.240 e. The molecule has 1 aliphatic heterocycles. The van der Waals surface area contributed by atoms with Crippen molar-refractivity contribution in [1.82, 2.24) is 19.6 Å². The first-order chi connectivity index (χ1) is 13.0. The Balaban J connectivity index is 1.60. The third kappa shape index (κ3) is 4.72. The van der Waals surface area contributed by atoms with Crippen LogP contribution in [-0.4, -0.2) is 62.5 Å². The number of hydrogen-bond acceptors (Lipinski definition) is 6. The summed E-state index contributed by atoms with van der Waals surface area (Å²) in [4.78, 5) is 17.3. The molecule has 3 N–H and O–H groups in total. The highest BCUT2D eigenvalue weighted by molar-refractivity contribution is 7.89. The van der Waals surface area contributed by atoms with Crippen LogP contribution in [0, 0.1) is 0 Å². The van der Waals surface area contributed by atoms with Gasteiger partial charge in [-0.3, -0.25) is 0 Å². The fraction of sp³-hybridized carbons (Fsp3) is 0.353. The number of piperazine rings is 1. The van der Waals surface area contributed by atoms with Gasteiger partial charge in [-0.05, 0) is 30.8 Å². The van der Waals surface area contributed by atoms with Crippen LogP contribution >= 0.6 is 0 Å². The molecule has 1 aromatic carbocycles. The van der Waals surface area contributed by atoms with E-state index in [0.29, 0.717) is 12.5 Å². The molecule has 2 aromatic rings. The van der Waals surface area contributed by atoms with Crippen molar-refractivity contribution in [3.05, 3.63) is 48.3 Å². The molecule has 1 aliphatic rings. The standard InChI is InChI=1S/C17H23N7O2S/c1-19-27(25,26)15-5-2-4-14(12-15)13-22-16(18)23-8-10-24(11-9-23)17-20-6-3-7-21-17/h2-7,12,19H,8-11,13H2,1H3,(H2,18,22). The van der Waals surface area contributed by atoms with E-state index in [1.54, 1.807) is 36.7 Å². The summed E-state index contributed by atoms with van der Waals surface area (Å²) in [6.07, 6.45) is 3.46. The van der Waals surface area contributed by atoms with Crippen molar-refractivity contribution >= 4 is 21.9 Å². The van der Waals surface area contributed by atoms with Crippen LogP contribution in [0.25, 0.3) is 0 Å². The molecule has 0 aliphatic carbocycles. The SMILES string of the molecule is CNS(=O)(=O)c1cccc(CN=C(N)N2CCN(c3ncccn3)CC2)c1. The molecular weight excluding hydrogens is 366 g/mol. The summed E-state index contributed by atoms with van der Waals surface area (Å²) >= 11 is 0. The van der Waals surface area contributed by atoms with Crippen LogP contribution < -0.4 is 15.4 Å². The number of hydrogen-bond donors (Lipinski definition) is 2. The van der Waals surface area contributed by atoms with E-state index in [1.807, 2.05) is 11.0 Å². The van der Waals surface area contributed by atoms with Gasteiger partial charge in [-0.2, -0.15) is 0 Å². The molecule has 0 bridgehead atoms. The number of nitrogens with one attached hydrogen (secondary N) is 1. The number of nitrogens with zero attached hydrogens (tertiary/aromatic N) is 5. The number of nitrogens with two attached hydrogens (primary N) is 1. The third-order valence-corrected chi connectivity index (χ3v) is 5.75. The second kappa shape index (κ2) is 8.31. The Morgan fingerprint density at radius 2 is 1.89 bits per heavy atom. The number of anilines is 1. The molecule has 1 saturated heterocycles. The van der Waals surface area contributed by atoms with Crippen molar-refractivity contribution in [3.8, 4) is 0 Å². The van der Waals surface area contributed by atoms with Gasteiger partial charge in [-0.15, -0.1) is 0 Å². The molecule has 27 heavy (non-hydrogen) atoms. The Kier molecular flexibility index (Phi) is 5.87. The monoisotopic (exact) mass is 389 g/mol. The van der Waals surface area contributed by atoms with E-state index < -0.39 is 10.0 Å². The molecule has 144 valence electrons. The lowest BCUT2D eigenvalue weighted by Gasteiger charge is -2.35. The number of aromatic nitrogens is 2. The van der Waals surface area contributed by atoms with E-state index in [2.05, 4.69) is 24.6 Å². The summed E-state index contributed by atoms with van der Waals surface area (Å²) in [6.45, 7) is 3.29. The Morgan fingerprint density at radius 1 is 1.19 bits per heavy atom. The maximum absolute atomic E-state index is 11.9. The van der Waals surface area contributed by atoms with Crippen LogP contribution in [-0.2, 0) is 16.6 Å². The summed E-state index contributed by atoms with van der Waals surface area (Å²) in [5.74, 6) is 1.17. The van der Waals surface area contributed by atoms with Gasteiger partial charge in [-0.1, -0.05) is 12.1 Å². The summed E-state index contributed by atoms with van der Waals surface area (Å²) in [5, 5.41) is 0. The zero-order valence-corrected chi connectivity index (χ0v) is 15.9. The van der Waals surface area contributed by atoms with Crippen molar-refractivity contribution < 1.29 is 8.42 Å². The summed E-state index contributed by atoms with van der Waals surface area (Å²) < 4.78 is 26.1. The number of aliphatic imine (C=N–C) groups is 1. The fourth-order valence-electron chi connectivity index (χ4n) is 2.79. The fourth-order valence-corrected chi connectivity index (χ4v) is 3.59.